The van der Waals surface area contributed by atoms with E-state index in [2.05, 4.69) is 29.2 Å². The lowest BCUT2D eigenvalue weighted by Crippen LogP contribution is -2.43. The van der Waals surface area contributed by atoms with Gasteiger partial charge < -0.3 is 5.11 Å². The Bertz CT molecular complexity index is 317. The summed E-state index contributed by atoms with van der Waals surface area (Å²) in [7, 11) is 0. The van der Waals surface area contributed by atoms with E-state index < -0.39 is 0 Å². The van der Waals surface area contributed by atoms with E-state index >= 15 is 0 Å². The summed E-state index contributed by atoms with van der Waals surface area (Å²) in [6, 6.07) is 10.4. The number of likely N-dealkylation sites (tertiary alicyclic amines) is 1. The van der Waals surface area contributed by atoms with Crippen LogP contribution in [0.3, 0.4) is 0 Å². The van der Waals surface area contributed by atoms with E-state index in [0.29, 0.717) is 5.88 Å². The molecule has 1 aromatic carbocycles. The van der Waals surface area contributed by atoms with E-state index in [1.54, 1.807) is 0 Å². The largest absolute Gasteiger partial charge is 0.391 e. The van der Waals surface area contributed by atoms with Gasteiger partial charge in [-0.2, -0.15) is 0 Å². The van der Waals surface area contributed by atoms with Crippen molar-refractivity contribution in [1.82, 2.24) is 4.90 Å². The number of hydrogen-bond donors (Lipinski definition) is 1. The molecule has 0 radical (unpaired) electrons. The maximum absolute atomic E-state index is 9.89. The van der Waals surface area contributed by atoms with E-state index in [-0.39, 0.29) is 12.0 Å². The first-order valence-corrected chi connectivity index (χ1v) is 6.33. The molecular formula is C13H18ClNO. The van der Waals surface area contributed by atoms with Crippen LogP contribution < -0.4 is 0 Å². The third-order valence-electron chi connectivity index (χ3n) is 3.25. The molecule has 0 aromatic heterocycles. The van der Waals surface area contributed by atoms with Crippen LogP contribution in [-0.2, 0) is 6.54 Å². The van der Waals surface area contributed by atoms with Crippen LogP contribution in [0.2, 0.25) is 0 Å². The van der Waals surface area contributed by atoms with Crippen molar-refractivity contribution < 1.29 is 5.11 Å². The Morgan fingerprint density at radius 2 is 2.06 bits per heavy atom. The highest BCUT2D eigenvalue weighted by Crippen LogP contribution is 2.20. The van der Waals surface area contributed by atoms with Crippen molar-refractivity contribution in [3.8, 4) is 0 Å². The summed E-state index contributed by atoms with van der Waals surface area (Å²) in [5.41, 5.74) is 1.30. The van der Waals surface area contributed by atoms with Crippen LogP contribution in [0.4, 0.5) is 0 Å². The lowest BCUT2D eigenvalue weighted by molar-refractivity contribution is 0.0273. The predicted molar refractivity (Wildman–Crippen MR) is 66.6 cm³/mol. The molecule has 1 N–H and O–H groups in total. The van der Waals surface area contributed by atoms with Gasteiger partial charge in [0.15, 0.2) is 0 Å². The molecule has 0 bridgehead atoms. The second-order valence-corrected chi connectivity index (χ2v) is 4.80. The number of benzene rings is 1. The molecule has 2 rings (SSSR count). The summed E-state index contributed by atoms with van der Waals surface area (Å²) in [6.07, 6.45) is 0.729. The molecule has 3 heteroatoms. The van der Waals surface area contributed by atoms with E-state index in [1.807, 2.05) is 6.07 Å². The van der Waals surface area contributed by atoms with Gasteiger partial charge >= 0.3 is 0 Å². The monoisotopic (exact) mass is 239 g/mol. The van der Waals surface area contributed by atoms with Gasteiger partial charge in [0.1, 0.15) is 0 Å². The first-order valence-electron chi connectivity index (χ1n) is 5.80. The van der Waals surface area contributed by atoms with Gasteiger partial charge in [-0.3, -0.25) is 4.90 Å². The van der Waals surface area contributed by atoms with Crippen LogP contribution in [0.15, 0.2) is 30.3 Å². The molecule has 0 amide bonds. The molecule has 1 saturated heterocycles. The minimum Gasteiger partial charge on any atom is -0.391 e. The zero-order valence-electron chi connectivity index (χ0n) is 9.35. The highest BCUT2D eigenvalue weighted by atomic mass is 35.5. The van der Waals surface area contributed by atoms with Gasteiger partial charge in [0.05, 0.1) is 6.10 Å². The fourth-order valence-electron chi connectivity index (χ4n) is 2.21. The van der Waals surface area contributed by atoms with Crippen LogP contribution in [-0.4, -0.2) is 35.1 Å². The molecule has 1 aliphatic rings. The number of halogens is 1. The number of piperidine rings is 1. The van der Waals surface area contributed by atoms with E-state index in [0.717, 1.165) is 26.1 Å². The standard InChI is InChI=1S/C13H18ClNO/c14-8-12-6-7-15(10-13(12)16)9-11-4-2-1-3-5-11/h1-5,12-13,16H,6-10H2/t12-,13-/m1/s1. The maximum Gasteiger partial charge on any atom is 0.0707 e. The molecule has 1 heterocycles. The predicted octanol–water partition coefficient (Wildman–Crippen LogP) is 2.11. The Kier molecular flexibility index (Phi) is 4.22. The quantitative estimate of drug-likeness (QED) is 0.817. The number of rotatable bonds is 3. The van der Waals surface area contributed by atoms with Crippen molar-refractivity contribution in [3.63, 3.8) is 0 Å². The van der Waals surface area contributed by atoms with Gasteiger partial charge in [-0.05, 0) is 18.5 Å². The fourth-order valence-corrected chi connectivity index (χ4v) is 2.57. The molecule has 1 fully saturated rings. The molecule has 2 atom stereocenters. The average molecular weight is 240 g/mol. The zero-order valence-corrected chi connectivity index (χ0v) is 10.1. The Balaban J connectivity index is 1.89. The molecule has 0 aliphatic carbocycles. The van der Waals surface area contributed by atoms with Crippen LogP contribution in [0.25, 0.3) is 0 Å². The van der Waals surface area contributed by atoms with Gasteiger partial charge in [0.25, 0.3) is 0 Å². The van der Waals surface area contributed by atoms with Crippen molar-refractivity contribution in [2.24, 2.45) is 5.92 Å². The van der Waals surface area contributed by atoms with Gasteiger partial charge in [0, 0.05) is 24.9 Å². The number of alkyl halides is 1. The van der Waals surface area contributed by atoms with Gasteiger partial charge in [-0.1, -0.05) is 30.3 Å². The second-order valence-electron chi connectivity index (χ2n) is 4.49. The molecular weight excluding hydrogens is 222 g/mol. The lowest BCUT2D eigenvalue weighted by atomic mass is 9.95. The maximum atomic E-state index is 9.89. The van der Waals surface area contributed by atoms with Crippen molar-refractivity contribution in [2.75, 3.05) is 19.0 Å². The SMILES string of the molecule is O[C@@H]1CN(Cc2ccccc2)CC[C@@H]1CCl. The molecule has 0 saturated carbocycles. The van der Waals surface area contributed by atoms with Gasteiger partial charge in [-0.15, -0.1) is 11.6 Å². The third kappa shape index (κ3) is 2.97. The fraction of sp³-hybridized carbons (Fsp3) is 0.538. The summed E-state index contributed by atoms with van der Waals surface area (Å²) in [4.78, 5) is 2.29. The molecule has 1 aliphatic heterocycles. The van der Waals surface area contributed by atoms with Gasteiger partial charge in [-0.25, -0.2) is 0 Å². The smallest absolute Gasteiger partial charge is 0.0707 e. The number of hydrogen-bond acceptors (Lipinski definition) is 2. The van der Waals surface area contributed by atoms with Crippen molar-refractivity contribution in [3.05, 3.63) is 35.9 Å². The molecule has 0 unspecified atom stereocenters. The summed E-state index contributed by atoms with van der Waals surface area (Å²) in [5.74, 6) is 0.842. The van der Waals surface area contributed by atoms with Crippen LogP contribution >= 0.6 is 11.6 Å². The first kappa shape index (κ1) is 11.9. The number of nitrogens with zero attached hydrogens (tertiary/aromatic N) is 1. The summed E-state index contributed by atoms with van der Waals surface area (Å²) in [5, 5.41) is 9.89. The minimum absolute atomic E-state index is 0.269. The second kappa shape index (κ2) is 5.67. The van der Waals surface area contributed by atoms with Crippen molar-refractivity contribution in [2.45, 2.75) is 19.1 Å². The Morgan fingerprint density at radius 3 is 2.69 bits per heavy atom. The summed E-state index contributed by atoms with van der Waals surface area (Å²) >= 11 is 5.80. The normalized spacial score (nSPS) is 26.9. The lowest BCUT2D eigenvalue weighted by Gasteiger charge is -2.35. The number of aliphatic hydroxyl groups excluding tert-OH is 1. The van der Waals surface area contributed by atoms with E-state index in [9.17, 15) is 5.11 Å². The first-order chi connectivity index (χ1) is 7.79. The topological polar surface area (TPSA) is 23.5 Å². The van der Waals surface area contributed by atoms with Crippen molar-refractivity contribution >= 4 is 11.6 Å². The molecule has 2 nitrogen and oxygen atoms in total. The molecule has 1 aromatic rings. The summed E-state index contributed by atoms with van der Waals surface area (Å²) in [6.45, 7) is 2.70. The van der Waals surface area contributed by atoms with Crippen molar-refractivity contribution in [1.29, 1.82) is 0 Å². The Labute approximate surface area is 102 Å². The highest BCUT2D eigenvalue weighted by Gasteiger charge is 2.26. The number of aliphatic hydroxyl groups is 1. The molecule has 0 spiro atoms. The molecule has 16 heavy (non-hydrogen) atoms. The van der Waals surface area contributed by atoms with Gasteiger partial charge in [0.2, 0.25) is 0 Å². The summed E-state index contributed by atoms with van der Waals surface area (Å²) < 4.78 is 0. The number of β-amino-alcohol motifs (C(OH)–C–C–N with tert-alkyl or cyclic N) is 1. The third-order valence-corrected chi connectivity index (χ3v) is 3.65. The Hall–Kier alpha value is -0.570. The highest BCUT2D eigenvalue weighted by molar-refractivity contribution is 6.18. The van der Waals surface area contributed by atoms with Crippen LogP contribution in [0.5, 0.6) is 0 Å². The zero-order chi connectivity index (χ0) is 11.4. The average Bonchev–Trinajstić information content (AvgIpc) is 2.31. The molecule has 88 valence electrons. The Morgan fingerprint density at radius 1 is 1.31 bits per heavy atom. The van der Waals surface area contributed by atoms with E-state index in [1.165, 1.54) is 5.56 Å². The van der Waals surface area contributed by atoms with Crippen LogP contribution in [0.1, 0.15) is 12.0 Å². The van der Waals surface area contributed by atoms with Crippen LogP contribution in [0, 0.1) is 5.92 Å². The van der Waals surface area contributed by atoms with E-state index in [4.69, 9.17) is 11.6 Å². The minimum atomic E-state index is -0.269.